The monoisotopic (exact) mass is 473 g/mol. The molecule has 1 heterocycles. The fraction of sp³-hybridized carbons (Fsp3) is 0.417. The molecular weight excluding hydrogens is 442 g/mol. The molecule has 0 fully saturated rings. The fourth-order valence-corrected chi connectivity index (χ4v) is 5.42. The van der Waals surface area contributed by atoms with E-state index in [1.54, 1.807) is 50.1 Å². The molecule has 2 N–H and O–H groups in total. The van der Waals surface area contributed by atoms with Crippen LogP contribution in [0.3, 0.4) is 0 Å². The molecule has 0 bridgehead atoms. The summed E-state index contributed by atoms with van der Waals surface area (Å²) in [6, 6.07) is 11.0. The molecule has 2 amide bonds. The van der Waals surface area contributed by atoms with Gasteiger partial charge in [0.05, 0.1) is 12.0 Å². The third-order valence-electron chi connectivity index (χ3n) is 5.77. The molecule has 8 nitrogen and oxygen atoms in total. The average Bonchev–Trinajstić information content (AvgIpc) is 3.11. The van der Waals surface area contributed by atoms with Gasteiger partial charge in [-0.05, 0) is 60.7 Å². The Labute approximate surface area is 195 Å². The van der Waals surface area contributed by atoms with E-state index < -0.39 is 22.0 Å². The van der Waals surface area contributed by atoms with Crippen molar-refractivity contribution in [2.24, 2.45) is 5.92 Å². The Balaban J connectivity index is 1.73. The van der Waals surface area contributed by atoms with E-state index in [-0.39, 0.29) is 29.3 Å². The van der Waals surface area contributed by atoms with Crippen molar-refractivity contribution >= 4 is 27.5 Å². The number of sulfonamides is 1. The van der Waals surface area contributed by atoms with Crippen LogP contribution in [0.15, 0.2) is 47.4 Å². The van der Waals surface area contributed by atoms with Crippen molar-refractivity contribution in [2.75, 3.05) is 12.0 Å². The molecule has 2 aromatic rings. The van der Waals surface area contributed by atoms with Gasteiger partial charge in [-0.2, -0.15) is 4.72 Å². The topological polar surface area (TPSA) is 105 Å². The maximum Gasteiger partial charge on any atom is 0.241 e. The summed E-state index contributed by atoms with van der Waals surface area (Å²) in [4.78, 5) is 26.5. The SMILES string of the molecule is COc1ccc(CNC(=O)C(NS(=O)(=O)c2ccc3c(c2)CC(C)N3C(C)=O)C(C)C)cc1. The van der Waals surface area contributed by atoms with Crippen molar-refractivity contribution in [1.29, 1.82) is 0 Å². The van der Waals surface area contributed by atoms with Gasteiger partial charge in [-0.15, -0.1) is 0 Å². The molecule has 178 valence electrons. The molecule has 3 rings (SSSR count). The number of hydrogen-bond donors (Lipinski definition) is 2. The number of nitrogens with one attached hydrogen (secondary N) is 2. The lowest BCUT2D eigenvalue weighted by Crippen LogP contribution is -2.49. The Kier molecular flexibility index (Phi) is 7.44. The Morgan fingerprint density at radius 2 is 1.82 bits per heavy atom. The third kappa shape index (κ3) is 5.54. The molecule has 2 unspecified atom stereocenters. The summed E-state index contributed by atoms with van der Waals surface area (Å²) < 4.78 is 33.9. The standard InChI is InChI=1S/C24H31N3O5S/c1-15(2)23(24(29)25-14-18-6-8-20(32-5)9-7-18)26-33(30,31)21-10-11-22-19(13-21)12-16(3)27(22)17(4)28/h6-11,13,15-16,23,26H,12,14H2,1-5H3,(H,25,29). The van der Waals surface area contributed by atoms with Crippen molar-refractivity contribution in [3.05, 3.63) is 53.6 Å². The maximum atomic E-state index is 13.1. The zero-order chi connectivity index (χ0) is 24.3. The minimum absolute atomic E-state index is 0.0319. The zero-order valence-corrected chi connectivity index (χ0v) is 20.4. The number of benzene rings is 2. The van der Waals surface area contributed by atoms with Gasteiger partial charge >= 0.3 is 0 Å². The van der Waals surface area contributed by atoms with Crippen LogP contribution in [0.2, 0.25) is 0 Å². The highest BCUT2D eigenvalue weighted by molar-refractivity contribution is 7.89. The lowest BCUT2D eigenvalue weighted by molar-refractivity contribution is -0.123. The number of ether oxygens (including phenoxy) is 1. The lowest BCUT2D eigenvalue weighted by Gasteiger charge is -2.22. The summed E-state index contributed by atoms with van der Waals surface area (Å²) in [7, 11) is -2.37. The molecule has 2 aromatic carbocycles. The van der Waals surface area contributed by atoms with Gasteiger partial charge in [0.2, 0.25) is 21.8 Å². The van der Waals surface area contributed by atoms with Crippen LogP contribution in [-0.2, 0) is 32.6 Å². The van der Waals surface area contributed by atoms with Gasteiger partial charge in [-0.25, -0.2) is 8.42 Å². The number of carbonyl (C=O) groups excluding carboxylic acids is 2. The molecule has 1 aliphatic heterocycles. The number of carbonyl (C=O) groups is 2. The van der Waals surface area contributed by atoms with Crippen molar-refractivity contribution in [1.82, 2.24) is 10.0 Å². The number of amides is 2. The second-order valence-corrected chi connectivity index (χ2v) is 10.4. The zero-order valence-electron chi connectivity index (χ0n) is 19.6. The predicted molar refractivity (Wildman–Crippen MR) is 127 cm³/mol. The first-order valence-corrected chi connectivity index (χ1v) is 12.4. The molecule has 0 saturated carbocycles. The largest absolute Gasteiger partial charge is 0.497 e. The minimum Gasteiger partial charge on any atom is -0.497 e. The molecule has 0 aliphatic carbocycles. The molecule has 0 aromatic heterocycles. The van der Waals surface area contributed by atoms with Crippen LogP contribution in [0.4, 0.5) is 5.69 Å². The first kappa shape index (κ1) is 24.7. The highest BCUT2D eigenvalue weighted by atomic mass is 32.2. The second kappa shape index (κ2) is 9.93. The Morgan fingerprint density at radius 1 is 1.15 bits per heavy atom. The maximum absolute atomic E-state index is 13.1. The molecule has 9 heteroatoms. The van der Waals surface area contributed by atoms with E-state index in [2.05, 4.69) is 10.0 Å². The molecular formula is C24H31N3O5S. The highest BCUT2D eigenvalue weighted by Crippen LogP contribution is 2.34. The third-order valence-corrected chi connectivity index (χ3v) is 7.21. The Morgan fingerprint density at radius 3 is 2.39 bits per heavy atom. The van der Waals surface area contributed by atoms with Gasteiger partial charge < -0.3 is 15.0 Å². The summed E-state index contributed by atoms with van der Waals surface area (Å²) in [6.07, 6.45) is 0.578. The summed E-state index contributed by atoms with van der Waals surface area (Å²) >= 11 is 0. The van der Waals surface area contributed by atoms with Gasteiger partial charge in [0.15, 0.2) is 0 Å². The number of fused-ring (bicyclic) bond motifs is 1. The highest BCUT2D eigenvalue weighted by Gasteiger charge is 2.32. The smallest absolute Gasteiger partial charge is 0.241 e. The van der Waals surface area contributed by atoms with Gasteiger partial charge in [-0.1, -0.05) is 26.0 Å². The van der Waals surface area contributed by atoms with Crippen molar-refractivity contribution < 1.29 is 22.7 Å². The van der Waals surface area contributed by atoms with Crippen LogP contribution >= 0.6 is 0 Å². The van der Waals surface area contributed by atoms with Crippen LogP contribution in [-0.4, -0.2) is 39.4 Å². The minimum atomic E-state index is -3.95. The van der Waals surface area contributed by atoms with Crippen LogP contribution in [0.1, 0.15) is 38.8 Å². The van der Waals surface area contributed by atoms with Crippen molar-refractivity contribution in [3.63, 3.8) is 0 Å². The van der Waals surface area contributed by atoms with Crippen molar-refractivity contribution in [2.45, 2.75) is 57.6 Å². The van der Waals surface area contributed by atoms with Gasteiger partial charge in [0.1, 0.15) is 11.8 Å². The van der Waals surface area contributed by atoms with Crippen LogP contribution in [0, 0.1) is 5.92 Å². The van der Waals surface area contributed by atoms with E-state index in [9.17, 15) is 18.0 Å². The number of anilines is 1. The summed E-state index contributed by atoms with van der Waals surface area (Å²) in [6.45, 7) is 7.27. The number of methoxy groups -OCH3 is 1. The molecule has 0 spiro atoms. The van der Waals surface area contributed by atoms with E-state index >= 15 is 0 Å². The predicted octanol–water partition coefficient (Wildman–Crippen LogP) is 2.61. The molecule has 0 radical (unpaired) electrons. The number of hydrogen-bond acceptors (Lipinski definition) is 5. The van der Waals surface area contributed by atoms with Gasteiger partial charge in [0, 0.05) is 25.2 Å². The molecule has 2 atom stereocenters. The Hall–Kier alpha value is -2.91. The summed E-state index contributed by atoms with van der Waals surface area (Å²) in [5.41, 5.74) is 2.40. The van der Waals surface area contributed by atoms with Crippen LogP contribution in [0.25, 0.3) is 0 Å². The van der Waals surface area contributed by atoms with E-state index in [0.29, 0.717) is 12.2 Å². The first-order valence-electron chi connectivity index (χ1n) is 10.9. The number of rotatable bonds is 8. The van der Waals surface area contributed by atoms with Crippen LogP contribution in [0.5, 0.6) is 5.75 Å². The summed E-state index contributed by atoms with van der Waals surface area (Å²) in [5, 5.41) is 2.81. The van der Waals surface area contributed by atoms with Gasteiger partial charge in [-0.3, -0.25) is 9.59 Å². The van der Waals surface area contributed by atoms with Gasteiger partial charge in [0.25, 0.3) is 0 Å². The summed E-state index contributed by atoms with van der Waals surface area (Å²) in [5.74, 6) is -0.0309. The van der Waals surface area contributed by atoms with E-state index in [1.165, 1.54) is 13.0 Å². The lowest BCUT2D eigenvalue weighted by atomic mass is 10.0. The normalized spacial score (nSPS) is 16.4. The van der Waals surface area contributed by atoms with E-state index in [0.717, 1.165) is 16.8 Å². The second-order valence-electron chi connectivity index (χ2n) is 8.64. The van der Waals surface area contributed by atoms with Crippen LogP contribution < -0.4 is 19.7 Å². The van der Waals surface area contributed by atoms with Crippen molar-refractivity contribution in [3.8, 4) is 5.75 Å². The average molecular weight is 474 g/mol. The van der Waals surface area contributed by atoms with E-state index in [1.807, 2.05) is 19.1 Å². The fourth-order valence-electron chi connectivity index (χ4n) is 4.02. The Bertz CT molecular complexity index is 1130. The quantitative estimate of drug-likeness (QED) is 0.613. The molecule has 33 heavy (non-hydrogen) atoms. The number of nitrogens with zero attached hydrogens (tertiary/aromatic N) is 1. The first-order chi connectivity index (χ1) is 15.5. The van der Waals surface area contributed by atoms with E-state index in [4.69, 9.17) is 4.74 Å². The molecule has 0 saturated heterocycles. The molecule has 1 aliphatic rings.